The highest BCUT2D eigenvalue weighted by Crippen LogP contribution is 2.37. The zero-order chi connectivity index (χ0) is 20.7. The first-order valence-electron chi connectivity index (χ1n) is 11.0. The van der Waals surface area contributed by atoms with Gasteiger partial charge in [-0.15, -0.1) is 10.2 Å². The smallest absolute Gasteiger partial charge is 0.357 e. The van der Waals surface area contributed by atoms with Crippen molar-refractivity contribution < 1.29 is 13.2 Å². The molecule has 2 N–H and O–H groups in total. The van der Waals surface area contributed by atoms with Gasteiger partial charge >= 0.3 is 6.18 Å². The third-order valence-electron chi connectivity index (χ3n) is 5.84. The van der Waals surface area contributed by atoms with Crippen LogP contribution in [0.25, 0.3) is 0 Å². The lowest BCUT2D eigenvalue weighted by atomic mass is 9.85. The summed E-state index contributed by atoms with van der Waals surface area (Å²) >= 11 is 0. The molecule has 0 saturated heterocycles. The highest BCUT2D eigenvalue weighted by atomic mass is 19.4. The van der Waals surface area contributed by atoms with Crippen LogP contribution in [-0.2, 0) is 19.4 Å². The molecule has 29 heavy (non-hydrogen) atoms. The summed E-state index contributed by atoms with van der Waals surface area (Å²) in [4.78, 5) is 4.58. The van der Waals surface area contributed by atoms with E-state index in [2.05, 4.69) is 30.4 Å². The van der Waals surface area contributed by atoms with E-state index in [0.717, 1.165) is 43.9 Å². The predicted octanol–water partition coefficient (Wildman–Crippen LogP) is 3.61. The molecule has 1 aliphatic carbocycles. The third-order valence-corrected chi connectivity index (χ3v) is 5.84. The second kappa shape index (κ2) is 10.3. The quantitative estimate of drug-likeness (QED) is 0.424. The van der Waals surface area contributed by atoms with Crippen molar-refractivity contribution in [3.63, 3.8) is 0 Å². The monoisotopic (exact) mass is 414 g/mol. The number of aliphatic imine (C=N–C) groups is 1. The van der Waals surface area contributed by atoms with Gasteiger partial charge < -0.3 is 15.2 Å². The molecule has 0 bridgehead atoms. The second-order valence-electron chi connectivity index (χ2n) is 8.11. The second-order valence-corrected chi connectivity index (χ2v) is 8.11. The topological polar surface area (TPSA) is 67.1 Å². The molecule has 2 unspecified atom stereocenters. The summed E-state index contributed by atoms with van der Waals surface area (Å²) in [5, 5.41) is 15.0. The van der Waals surface area contributed by atoms with E-state index in [1.165, 1.54) is 19.3 Å². The fourth-order valence-corrected chi connectivity index (χ4v) is 4.29. The largest absolute Gasteiger partial charge is 0.391 e. The zero-order valence-electron chi connectivity index (χ0n) is 17.3. The van der Waals surface area contributed by atoms with Crippen LogP contribution in [0.4, 0.5) is 13.2 Å². The summed E-state index contributed by atoms with van der Waals surface area (Å²) < 4.78 is 41.4. The van der Waals surface area contributed by atoms with Crippen molar-refractivity contribution in [2.45, 2.75) is 89.9 Å². The van der Waals surface area contributed by atoms with Gasteiger partial charge in [-0.2, -0.15) is 13.2 Å². The SMILES string of the molecule is CCNC(=NCCCc1nnc2n1CCCCC2)NC1CCCC(C(F)(F)F)C1. The normalized spacial score (nSPS) is 23.4. The van der Waals surface area contributed by atoms with Crippen molar-refractivity contribution in [2.24, 2.45) is 10.9 Å². The molecule has 1 aliphatic heterocycles. The Morgan fingerprint density at radius 2 is 2.03 bits per heavy atom. The van der Waals surface area contributed by atoms with Crippen LogP contribution in [0.2, 0.25) is 0 Å². The standard InChI is InChI=1S/C20H33F3N6/c1-2-24-19(26-16-9-6-8-15(14-16)20(21,22)23)25-12-7-11-18-28-27-17-10-4-3-5-13-29(17)18/h15-16H,2-14H2,1H3,(H2,24,25,26). The molecule has 1 aromatic rings. The van der Waals surface area contributed by atoms with Crippen molar-refractivity contribution in [3.8, 4) is 0 Å². The molecule has 2 heterocycles. The summed E-state index contributed by atoms with van der Waals surface area (Å²) in [6.07, 6.45) is 3.84. The molecule has 164 valence electrons. The molecule has 0 amide bonds. The van der Waals surface area contributed by atoms with Gasteiger partial charge in [0, 0.05) is 38.5 Å². The first-order valence-corrected chi connectivity index (χ1v) is 11.0. The van der Waals surface area contributed by atoms with Crippen LogP contribution in [0, 0.1) is 5.92 Å². The van der Waals surface area contributed by atoms with Crippen LogP contribution >= 0.6 is 0 Å². The van der Waals surface area contributed by atoms with Gasteiger partial charge in [-0.05, 0) is 45.4 Å². The van der Waals surface area contributed by atoms with Gasteiger partial charge in [-0.1, -0.05) is 12.8 Å². The summed E-state index contributed by atoms with van der Waals surface area (Å²) in [5.41, 5.74) is 0. The van der Waals surface area contributed by atoms with Crippen LogP contribution in [0.5, 0.6) is 0 Å². The number of guanidine groups is 1. The molecular formula is C20H33F3N6. The molecule has 0 aromatic carbocycles. The maximum absolute atomic E-state index is 13.0. The van der Waals surface area contributed by atoms with E-state index < -0.39 is 12.1 Å². The van der Waals surface area contributed by atoms with E-state index in [9.17, 15) is 13.2 Å². The lowest BCUT2D eigenvalue weighted by molar-refractivity contribution is -0.183. The number of hydrogen-bond donors (Lipinski definition) is 2. The summed E-state index contributed by atoms with van der Waals surface area (Å²) in [6.45, 7) is 4.24. The molecule has 0 radical (unpaired) electrons. The molecule has 6 nitrogen and oxygen atoms in total. The van der Waals surface area contributed by atoms with Crippen LogP contribution < -0.4 is 10.6 Å². The average molecular weight is 415 g/mol. The number of aryl methyl sites for hydroxylation is 2. The molecule has 1 aromatic heterocycles. The lowest BCUT2D eigenvalue weighted by Crippen LogP contribution is -2.46. The van der Waals surface area contributed by atoms with Crippen molar-refractivity contribution in [1.29, 1.82) is 0 Å². The van der Waals surface area contributed by atoms with E-state index in [1.54, 1.807) is 0 Å². The average Bonchev–Trinajstić information content (AvgIpc) is 2.91. The minimum atomic E-state index is -4.11. The van der Waals surface area contributed by atoms with Gasteiger partial charge in [0.2, 0.25) is 0 Å². The summed E-state index contributed by atoms with van der Waals surface area (Å²) in [6, 6.07) is -0.180. The number of nitrogens with one attached hydrogen (secondary N) is 2. The van der Waals surface area contributed by atoms with Gasteiger partial charge in [-0.25, -0.2) is 0 Å². The van der Waals surface area contributed by atoms with Gasteiger partial charge in [0.15, 0.2) is 5.96 Å². The Bertz CT molecular complexity index is 670. The maximum atomic E-state index is 13.0. The van der Waals surface area contributed by atoms with Crippen molar-refractivity contribution in [1.82, 2.24) is 25.4 Å². The van der Waals surface area contributed by atoms with Crippen LogP contribution in [0.3, 0.4) is 0 Å². The molecule has 3 rings (SSSR count). The van der Waals surface area contributed by atoms with Gasteiger partial charge in [0.25, 0.3) is 0 Å². The molecule has 1 saturated carbocycles. The van der Waals surface area contributed by atoms with Gasteiger partial charge in [-0.3, -0.25) is 4.99 Å². The van der Waals surface area contributed by atoms with Crippen LogP contribution in [0.1, 0.15) is 69.9 Å². The van der Waals surface area contributed by atoms with Gasteiger partial charge in [0.1, 0.15) is 11.6 Å². The number of hydrogen-bond acceptors (Lipinski definition) is 3. The number of fused-ring (bicyclic) bond motifs is 1. The Morgan fingerprint density at radius 1 is 1.17 bits per heavy atom. The fraction of sp³-hybridized carbons (Fsp3) is 0.850. The Labute approximate surface area is 170 Å². The van der Waals surface area contributed by atoms with Gasteiger partial charge in [0.05, 0.1) is 5.92 Å². The minimum absolute atomic E-state index is 0.125. The van der Waals surface area contributed by atoms with Crippen molar-refractivity contribution >= 4 is 5.96 Å². The molecular weight excluding hydrogens is 381 g/mol. The molecule has 2 aliphatic rings. The number of halogens is 3. The van der Waals surface area contributed by atoms with E-state index in [1.807, 2.05) is 6.92 Å². The van der Waals surface area contributed by atoms with E-state index in [4.69, 9.17) is 0 Å². The van der Waals surface area contributed by atoms with Crippen molar-refractivity contribution in [3.05, 3.63) is 11.6 Å². The highest BCUT2D eigenvalue weighted by Gasteiger charge is 2.42. The highest BCUT2D eigenvalue weighted by molar-refractivity contribution is 5.80. The Balaban J connectivity index is 1.50. The van der Waals surface area contributed by atoms with E-state index in [-0.39, 0.29) is 18.9 Å². The van der Waals surface area contributed by atoms with E-state index in [0.29, 0.717) is 25.5 Å². The number of aromatic nitrogens is 3. The fourth-order valence-electron chi connectivity index (χ4n) is 4.29. The van der Waals surface area contributed by atoms with E-state index >= 15 is 0 Å². The predicted molar refractivity (Wildman–Crippen MR) is 107 cm³/mol. The van der Waals surface area contributed by atoms with Crippen LogP contribution in [-0.4, -0.2) is 46.0 Å². The Hall–Kier alpha value is -1.80. The minimum Gasteiger partial charge on any atom is -0.357 e. The molecule has 9 heteroatoms. The summed E-state index contributed by atoms with van der Waals surface area (Å²) in [5.74, 6) is 1.52. The first kappa shape index (κ1) is 21.9. The number of alkyl halides is 3. The number of nitrogens with zero attached hydrogens (tertiary/aromatic N) is 4. The molecule has 1 fully saturated rings. The lowest BCUT2D eigenvalue weighted by Gasteiger charge is -2.31. The molecule has 0 spiro atoms. The van der Waals surface area contributed by atoms with Crippen LogP contribution in [0.15, 0.2) is 4.99 Å². The first-order chi connectivity index (χ1) is 14.0. The summed E-state index contributed by atoms with van der Waals surface area (Å²) in [7, 11) is 0. The number of rotatable bonds is 6. The maximum Gasteiger partial charge on any atom is 0.391 e. The Kier molecular flexibility index (Phi) is 7.77. The van der Waals surface area contributed by atoms with Crippen molar-refractivity contribution in [2.75, 3.05) is 13.1 Å². The Morgan fingerprint density at radius 3 is 2.83 bits per heavy atom. The molecule has 2 atom stereocenters. The zero-order valence-corrected chi connectivity index (χ0v) is 17.3. The third kappa shape index (κ3) is 6.34.